The van der Waals surface area contributed by atoms with E-state index >= 15 is 0 Å². The molecule has 4 N–H and O–H groups in total. The summed E-state index contributed by atoms with van der Waals surface area (Å²) in [5, 5.41) is 2.69. The molecule has 1 atom stereocenters. The molecule has 1 amide bonds. The fourth-order valence-corrected chi connectivity index (χ4v) is 1.42. The van der Waals surface area contributed by atoms with Crippen molar-refractivity contribution in [2.75, 3.05) is 18.9 Å². The number of rotatable bonds is 6. The van der Waals surface area contributed by atoms with E-state index in [0.29, 0.717) is 25.4 Å². The summed E-state index contributed by atoms with van der Waals surface area (Å²) >= 11 is 0. The van der Waals surface area contributed by atoms with E-state index in [2.05, 4.69) is 15.3 Å². The Morgan fingerprint density at radius 2 is 2.39 bits per heavy atom. The summed E-state index contributed by atoms with van der Waals surface area (Å²) in [6, 6.07) is 1.21. The lowest BCUT2D eigenvalue weighted by Gasteiger charge is -2.11. The number of hydrogen-bond acceptors (Lipinski definition) is 5. The van der Waals surface area contributed by atoms with Crippen LogP contribution in [0.5, 0.6) is 0 Å². The molecule has 100 valence electrons. The molecule has 1 aromatic heterocycles. The average molecular weight is 254 g/mol. The lowest BCUT2D eigenvalue weighted by Crippen LogP contribution is -2.36. The van der Waals surface area contributed by atoms with E-state index in [1.54, 1.807) is 6.92 Å². The highest BCUT2D eigenvalue weighted by atomic mass is 16.5. The largest absolute Gasteiger partial charge is 0.383 e. The van der Waals surface area contributed by atoms with Crippen molar-refractivity contribution < 1.29 is 9.53 Å². The number of nitrogens with zero attached hydrogens (tertiary/aromatic N) is 1. The monoisotopic (exact) mass is 254 g/mol. The molecule has 0 radical (unpaired) electrons. The molecule has 1 rings (SSSR count). The number of carbonyl (C=O) groups is 1. The Kier molecular flexibility index (Phi) is 5.31. The summed E-state index contributed by atoms with van der Waals surface area (Å²) in [5.41, 5.74) is 5.14. The Bertz CT molecular complexity index is 458. The van der Waals surface area contributed by atoms with E-state index in [-0.39, 0.29) is 17.3 Å². The topological polar surface area (TPSA) is 110 Å². The third kappa shape index (κ3) is 4.54. The number of aromatic nitrogens is 2. The minimum Gasteiger partial charge on any atom is -0.383 e. The molecule has 0 bridgehead atoms. The Balaban J connectivity index is 2.42. The number of nitrogen functional groups attached to an aromatic ring is 1. The van der Waals surface area contributed by atoms with Crippen molar-refractivity contribution in [1.29, 1.82) is 0 Å². The summed E-state index contributed by atoms with van der Waals surface area (Å²) in [4.78, 5) is 29.1. The molecule has 0 aliphatic rings. The van der Waals surface area contributed by atoms with Crippen molar-refractivity contribution in [2.45, 2.75) is 26.4 Å². The van der Waals surface area contributed by atoms with Gasteiger partial charge in [0.25, 0.3) is 5.56 Å². The molecule has 0 aliphatic heterocycles. The van der Waals surface area contributed by atoms with Crippen LogP contribution in [0.4, 0.5) is 5.82 Å². The summed E-state index contributed by atoms with van der Waals surface area (Å²) in [7, 11) is 0. The van der Waals surface area contributed by atoms with Gasteiger partial charge in [0.2, 0.25) is 5.91 Å². The molecule has 0 fully saturated rings. The molecule has 7 heteroatoms. The lowest BCUT2D eigenvalue weighted by atomic mass is 10.3. The van der Waals surface area contributed by atoms with Crippen LogP contribution >= 0.6 is 0 Å². The van der Waals surface area contributed by atoms with Crippen LogP contribution in [0.2, 0.25) is 0 Å². The number of amides is 1. The zero-order chi connectivity index (χ0) is 13.5. The predicted octanol–water partition coefficient (Wildman–Crippen LogP) is -0.564. The maximum absolute atomic E-state index is 11.5. The third-order valence-electron chi connectivity index (χ3n) is 2.26. The van der Waals surface area contributed by atoms with Crippen molar-refractivity contribution >= 4 is 11.7 Å². The Hall–Kier alpha value is -1.89. The highest BCUT2D eigenvalue weighted by molar-refractivity contribution is 5.80. The van der Waals surface area contributed by atoms with Crippen molar-refractivity contribution in [3.05, 3.63) is 22.2 Å². The molecule has 1 aromatic rings. The molecule has 1 heterocycles. The van der Waals surface area contributed by atoms with Crippen molar-refractivity contribution in [3.63, 3.8) is 0 Å². The maximum Gasteiger partial charge on any atom is 0.252 e. The van der Waals surface area contributed by atoms with Crippen LogP contribution in [0.15, 0.2) is 10.9 Å². The predicted molar refractivity (Wildman–Crippen MR) is 67.1 cm³/mol. The van der Waals surface area contributed by atoms with E-state index in [1.807, 2.05) is 6.92 Å². The lowest BCUT2D eigenvalue weighted by molar-refractivity contribution is -0.131. The molecule has 0 unspecified atom stereocenters. The second-order valence-electron chi connectivity index (χ2n) is 3.76. The van der Waals surface area contributed by atoms with Gasteiger partial charge in [0.05, 0.1) is 0 Å². The fourth-order valence-electron chi connectivity index (χ4n) is 1.42. The number of hydrogen-bond donors (Lipinski definition) is 3. The molecular formula is C11H18N4O3. The first-order chi connectivity index (χ1) is 8.52. The summed E-state index contributed by atoms with van der Waals surface area (Å²) in [6.07, 6.45) is -0.0759. The van der Waals surface area contributed by atoms with Gasteiger partial charge in [-0.25, -0.2) is 4.98 Å². The molecule has 0 spiro atoms. The number of ether oxygens (including phenoxy) is 1. The van der Waals surface area contributed by atoms with Gasteiger partial charge >= 0.3 is 0 Å². The molecule has 18 heavy (non-hydrogen) atoms. The number of carbonyl (C=O) groups excluding carboxylic acids is 1. The van der Waals surface area contributed by atoms with Gasteiger partial charge < -0.3 is 20.8 Å². The number of H-pyrrole nitrogens is 1. The van der Waals surface area contributed by atoms with E-state index in [4.69, 9.17) is 10.5 Å². The van der Waals surface area contributed by atoms with Crippen LogP contribution in [-0.4, -0.2) is 35.1 Å². The molecule has 0 saturated heterocycles. The van der Waals surface area contributed by atoms with Crippen LogP contribution in [0.25, 0.3) is 0 Å². The zero-order valence-corrected chi connectivity index (χ0v) is 10.5. The molecule has 7 nitrogen and oxygen atoms in total. The van der Waals surface area contributed by atoms with Gasteiger partial charge in [-0.1, -0.05) is 0 Å². The maximum atomic E-state index is 11.5. The average Bonchev–Trinajstić information content (AvgIpc) is 2.27. The molecule has 0 aromatic carbocycles. The number of anilines is 1. The van der Waals surface area contributed by atoms with Crippen LogP contribution < -0.4 is 16.6 Å². The number of nitrogens with two attached hydrogens (primary N) is 1. The second kappa shape index (κ2) is 6.75. The third-order valence-corrected chi connectivity index (χ3v) is 2.26. The molecule has 0 saturated carbocycles. The van der Waals surface area contributed by atoms with Crippen LogP contribution in [0.1, 0.15) is 19.7 Å². The van der Waals surface area contributed by atoms with Gasteiger partial charge in [-0.2, -0.15) is 0 Å². The minimum atomic E-state index is -0.483. The van der Waals surface area contributed by atoms with Gasteiger partial charge in [0, 0.05) is 25.6 Å². The van der Waals surface area contributed by atoms with E-state index in [0.717, 1.165) is 0 Å². The highest BCUT2D eigenvalue weighted by Gasteiger charge is 2.11. The summed E-state index contributed by atoms with van der Waals surface area (Å²) in [6.45, 7) is 4.35. The minimum absolute atomic E-state index is 0.169. The van der Waals surface area contributed by atoms with Crippen LogP contribution in [0.3, 0.4) is 0 Å². The van der Waals surface area contributed by atoms with Gasteiger partial charge in [0.1, 0.15) is 17.7 Å². The van der Waals surface area contributed by atoms with Crippen molar-refractivity contribution in [3.8, 4) is 0 Å². The highest BCUT2D eigenvalue weighted by Crippen LogP contribution is 1.94. The number of nitrogens with one attached hydrogen (secondary N) is 2. The van der Waals surface area contributed by atoms with Crippen LogP contribution in [0, 0.1) is 0 Å². The SMILES string of the molecule is CCO[C@@H](C)C(=O)NCCc1nc(N)cc(=O)[nH]1. The van der Waals surface area contributed by atoms with Crippen molar-refractivity contribution in [2.24, 2.45) is 0 Å². The first-order valence-corrected chi connectivity index (χ1v) is 5.78. The quantitative estimate of drug-likeness (QED) is 0.630. The summed E-state index contributed by atoms with van der Waals surface area (Å²) in [5.74, 6) is 0.426. The first kappa shape index (κ1) is 14.2. The Morgan fingerprint density at radius 3 is 3.00 bits per heavy atom. The number of aromatic amines is 1. The van der Waals surface area contributed by atoms with Gasteiger partial charge in [-0.3, -0.25) is 9.59 Å². The Labute approximate surface area is 105 Å². The second-order valence-corrected chi connectivity index (χ2v) is 3.76. The molecular weight excluding hydrogens is 236 g/mol. The van der Waals surface area contributed by atoms with Gasteiger partial charge in [-0.15, -0.1) is 0 Å². The molecule has 0 aliphatic carbocycles. The smallest absolute Gasteiger partial charge is 0.252 e. The fraction of sp³-hybridized carbons (Fsp3) is 0.545. The van der Waals surface area contributed by atoms with Gasteiger partial charge in [0.15, 0.2) is 0 Å². The van der Waals surface area contributed by atoms with Gasteiger partial charge in [-0.05, 0) is 13.8 Å². The van der Waals surface area contributed by atoms with Crippen molar-refractivity contribution in [1.82, 2.24) is 15.3 Å². The van der Waals surface area contributed by atoms with E-state index in [9.17, 15) is 9.59 Å². The normalized spacial score (nSPS) is 12.1. The Morgan fingerprint density at radius 1 is 1.67 bits per heavy atom. The summed E-state index contributed by atoms with van der Waals surface area (Å²) < 4.78 is 5.14. The zero-order valence-electron chi connectivity index (χ0n) is 10.5. The standard InChI is InChI=1S/C11H18N4O3/c1-3-18-7(2)11(17)13-5-4-9-14-8(12)6-10(16)15-9/h6-7H,3-5H2,1-2H3,(H,13,17)(H3,12,14,15,16)/t7-/m0/s1. The first-order valence-electron chi connectivity index (χ1n) is 5.78. The van der Waals surface area contributed by atoms with E-state index in [1.165, 1.54) is 6.07 Å². The van der Waals surface area contributed by atoms with Crippen LogP contribution in [-0.2, 0) is 16.0 Å². The van der Waals surface area contributed by atoms with E-state index < -0.39 is 6.10 Å².